The summed E-state index contributed by atoms with van der Waals surface area (Å²) in [5.74, 6) is -0.856. The molecule has 1 aliphatic rings. The third-order valence-corrected chi connectivity index (χ3v) is 2.82. The molecule has 0 saturated carbocycles. The van der Waals surface area contributed by atoms with Crippen LogP contribution in [-0.2, 0) is 4.74 Å². The number of hydrogen-bond donors (Lipinski definition) is 0. The molecular weight excluding hydrogens is 219 g/mol. The van der Waals surface area contributed by atoms with Crippen LogP contribution in [0.1, 0.15) is 42.1 Å². The zero-order valence-corrected chi connectivity index (χ0v) is 9.83. The number of allylic oxidation sites excluding steroid dienone is 2. The van der Waals surface area contributed by atoms with Gasteiger partial charge in [0.1, 0.15) is 5.82 Å². The van der Waals surface area contributed by atoms with Gasteiger partial charge in [-0.25, -0.2) is 9.18 Å². The molecule has 0 N–H and O–H groups in total. The molecule has 0 aromatic heterocycles. The van der Waals surface area contributed by atoms with Crippen LogP contribution < -0.4 is 0 Å². The number of ether oxygens (including phenoxy) is 1. The summed E-state index contributed by atoms with van der Waals surface area (Å²) in [6.45, 7) is 2.03. The second-order valence-corrected chi connectivity index (χ2v) is 4.07. The van der Waals surface area contributed by atoms with E-state index < -0.39 is 11.8 Å². The fourth-order valence-corrected chi connectivity index (χ4v) is 2.04. The second-order valence-electron chi connectivity index (χ2n) is 4.07. The predicted octanol–water partition coefficient (Wildman–Crippen LogP) is 3.57. The van der Waals surface area contributed by atoms with Gasteiger partial charge < -0.3 is 4.74 Å². The van der Waals surface area contributed by atoms with Gasteiger partial charge in [0.15, 0.2) is 0 Å². The van der Waals surface area contributed by atoms with E-state index in [0.717, 1.165) is 30.4 Å². The van der Waals surface area contributed by atoms with Crippen LogP contribution in [0.3, 0.4) is 0 Å². The number of halogens is 1. The molecule has 0 saturated heterocycles. The first kappa shape index (κ1) is 11.8. The van der Waals surface area contributed by atoms with Gasteiger partial charge in [0.05, 0.1) is 12.2 Å². The van der Waals surface area contributed by atoms with Gasteiger partial charge in [-0.1, -0.05) is 6.08 Å². The van der Waals surface area contributed by atoms with Crippen LogP contribution in [0.15, 0.2) is 24.3 Å². The van der Waals surface area contributed by atoms with Crippen LogP contribution in [0.5, 0.6) is 0 Å². The highest BCUT2D eigenvalue weighted by molar-refractivity contribution is 5.90. The third-order valence-electron chi connectivity index (χ3n) is 2.82. The molecular formula is C14H15FO2. The molecule has 17 heavy (non-hydrogen) atoms. The van der Waals surface area contributed by atoms with Gasteiger partial charge in [0, 0.05) is 0 Å². The number of rotatable bonds is 3. The monoisotopic (exact) mass is 234 g/mol. The summed E-state index contributed by atoms with van der Waals surface area (Å²) in [5.41, 5.74) is 2.20. The van der Waals surface area contributed by atoms with Crippen LogP contribution in [0.4, 0.5) is 4.39 Å². The van der Waals surface area contributed by atoms with Crippen LogP contribution in [-0.4, -0.2) is 12.6 Å². The van der Waals surface area contributed by atoms with Crippen molar-refractivity contribution < 1.29 is 13.9 Å². The lowest BCUT2D eigenvalue weighted by atomic mass is 10.0. The van der Waals surface area contributed by atoms with Gasteiger partial charge in [-0.3, -0.25) is 0 Å². The van der Waals surface area contributed by atoms with Crippen LogP contribution >= 0.6 is 0 Å². The Hall–Kier alpha value is -1.64. The zero-order chi connectivity index (χ0) is 12.3. The first-order valence-electron chi connectivity index (χ1n) is 5.88. The fourth-order valence-electron chi connectivity index (χ4n) is 2.04. The molecule has 1 aliphatic carbocycles. The highest BCUT2D eigenvalue weighted by Gasteiger charge is 2.13. The van der Waals surface area contributed by atoms with Crippen molar-refractivity contribution in [3.63, 3.8) is 0 Å². The molecule has 0 unspecified atom stereocenters. The quantitative estimate of drug-likeness (QED) is 0.747. The van der Waals surface area contributed by atoms with Crippen molar-refractivity contribution in [1.82, 2.24) is 0 Å². The zero-order valence-electron chi connectivity index (χ0n) is 9.83. The van der Waals surface area contributed by atoms with Gasteiger partial charge in [0.25, 0.3) is 0 Å². The van der Waals surface area contributed by atoms with Crippen molar-refractivity contribution in [2.75, 3.05) is 6.61 Å². The van der Waals surface area contributed by atoms with Crippen LogP contribution in [0.2, 0.25) is 0 Å². The summed E-state index contributed by atoms with van der Waals surface area (Å²) < 4.78 is 18.3. The lowest BCUT2D eigenvalue weighted by molar-refractivity contribution is 0.0526. The Kier molecular flexibility index (Phi) is 3.57. The van der Waals surface area contributed by atoms with E-state index in [9.17, 15) is 9.18 Å². The van der Waals surface area contributed by atoms with Crippen molar-refractivity contribution in [3.05, 3.63) is 41.2 Å². The lowest BCUT2D eigenvalue weighted by Crippen LogP contribution is -2.05. The fraction of sp³-hybridized carbons (Fsp3) is 0.357. The van der Waals surface area contributed by atoms with Gasteiger partial charge >= 0.3 is 5.97 Å². The highest BCUT2D eigenvalue weighted by atomic mass is 19.1. The van der Waals surface area contributed by atoms with Gasteiger partial charge in [-0.15, -0.1) is 0 Å². The van der Waals surface area contributed by atoms with E-state index in [4.69, 9.17) is 4.74 Å². The minimum Gasteiger partial charge on any atom is -0.462 e. The Labute approximate surface area is 100 Å². The molecule has 0 heterocycles. The molecule has 0 spiro atoms. The lowest BCUT2D eigenvalue weighted by Gasteiger charge is -2.06. The molecule has 3 heteroatoms. The topological polar surface area (TPSA) is 26.3 Å². The summed E-state index contributed by atoms with van der Waals surface area (Å²) >= 11 is 0. The maximum Gasteiger partial charge on any atom is 0.338 e. The first-order chi connectivity index (χ1) is 8.20. The van der Waals surface area contributed by atoms with E-state index in [1.165, 1.54) is 12.1 Å². The Morgan fingerprint density at radius 1 is 1.41 bits per heavy atom. The molecule has 0 fully saturated rings. The summed E-state index contributed by atoms with van der Waals surface area (Å²) in [4.78, 5) is 11.6. The third kappa shape index (κ3) is 2.73. The molecule has 1 aromatic rings. The summed E-state index contributed by atoms with van der Waals surface area (Å²) in [6.07, 6.45) is 5.18. The molecule has 90 valence electrons. The maximum absolute atomic E-state index is 13.4. The Bertz CT molecular complexity index is 463. The van der Waals surface area contributed by atoms with E-state index in [1.54, 1.807) is 13.0 Å². The highest BCUT2D eigenvalue weighted by Crippen LogP contribution is 2.28. The number of benzene rings is 1. The van der Waals surface area contributed by atoms with Gasteiger partial charge in [0.2, 0.25) is 0 Å². The predicted molar refractivity (Wildman–Crippen MR) is 64.2 cm³/mol. The molecule has 0 atom stereocenters. The van der Waals surface area contributed by atoms with E-state index in [-0.39, 0.29) is 5.56 Å². The van der Waals surface area contributed by atoms with Gasteiger partial charge in [-0.05, 0) is 55.5 Å². The van der Waals surface area contributed by atoms with E-state index in [0.29, 0.717) is 6.61 Å². The first-order valence-corrected chi connectivity index (χ1v) is 5.88. The number of hydrogen-bond acceptors (Lipinski definition) is 2. The smallest absolute Gasteiger partial charge is 0.338 e. The molecule has 0 aliphatic heterocycles. The van der Waals surface area contributed by atoms with Gasteiger partial charge in [-0.2, -0.15) is 0 Å². The molecule has 0 radical (unpaired) electrons. The van der Waals surface area contributed by atoms with Crippen LogP contribution in [0, 0.1) is 5.82 Å². The van der Waals surface area contributed by atoms with Crippen molar-refractivity contribution in [2.45, 2.75) is 26.2 Å². The van der Waals surface area contributed by atoms with Crippen molar-refractivity contribution in [1.29, 1.82) is 0 Å². The van der Waals surface area contributed by atoms with E-state index in [2.05, 4.69) is 6.08 Å². The molecule has 2 nitrogen and oxygen atoms in total. The van der Waals surface area contributed by atoms with Crippen LogP contribution in [0.25, 0.3) is 5.57 Å². The molecule has 1 aromatic carbocycles. The minimum atomic E-state index is -0.466. The molecule has 2 rings (SSSR count). The SMILES string of the molecule is CCOC(=O)c1cc(F)cc(C2=CCCC2)c1. The Morgan fingerprint density at radius 2 is 2.24 bits per heavy atom. The van der Waals surface area contributed by atoms with E-state index in [1.807, 2.05) is 0 Å². The Balaban J connectivity index is 2.32. The minimum absolute atomic E-state index is 0.287. The summed E-state index contributed by atoms with van der Waals surface area (Å²) in [5, 5.41) is 0. The maximum atomic E-state index is 13.4. The van der Waals surface area contributed by atoms with Crippen molar-refractivity contribution in [3.8, 4) is 0 Å². The average molecular weight is 234 g/mol. The normalized spacial score (nSPS) is 14.6. The van der Waals surface area contributed by atoms with Crippen molar-refractivity contribution >= 4 is 11.5 Å². The standard InChI is InChI=1S/C14H15FO2/c1-2-17-14(16)12-7-11(8-13(15)9-12)10-5-3-4-6-10/h5,7-9H,2-4,6H2,1H3. The largest absolute Gasteiger partial charge is 0.462 e. The molecule has 0 bridgehead atoms. The molecule has 0 amide bonds. The number of carbonyl (C=O) groups excluding carboxylic acids is 1. The number of esters is 1. The number of carbonyl (C=O) groups is 1. The summed E-state index contributed by atoms with van der Waals surface area (Å²) in [6, 6.07) is 4.40. The Morgan fingerprint density at radius 3 is 2.88 bits per heavy atom. The average Bonchev–Trinajstić information content (AvgIpc) is 2.82. The van der Waals surface area contributed by atoms with E-state index >= 15 is 0 Å². The summed E-state index contributed by atoms with van der Waals surface area (Å²) in [7, 11) is 0. The second kappa shape index (κ2) is 5.13. The van der Waals surface area contributed by atoms with Crippen molar-refractivity contribution in [2.24, 2.45) is 0 Å².